The van der Waals surface area contributed by atoms with E-state index in [1.165, 1.54) is 67.0 Å². The van der Waals surface area contributed by atoms with E-state index in [-0.39, 0.29) is 83.6 Å². The maximum absolute atomic E-state index is 11.5. The summed E-state index contributed by atoms with van der Waals surface area (Å²) >= 11 is 0. The topological polar surface area (TPSA) is 209 Å². The standard InChI is InChI=1S/C42H53N3O6.3ClH.3H2O/c1-27(46)49-34-10-13-37-31(24-34)18-21-43-40(37)7-5-4-6-30(8-16-41-38-14-11-35(50-28(2)47)25-32(38)19-22-44-41)9-17-42-39-15-12-36(51-29(3)48)26-33(39)20-23-45-42;;;;;;/h10-15,24-26,30,40-45H,4-9,16-23H2,1-3H3;3*1H;3*1H2. The van der Waals surface area contributed by atoms with E-state index in [2.05, 4.69) is 34.1 Å². The highest BCUT2D eigenvalue weighted by Crippen LogP contribution is 2.36. The Labute approximate surface area is 355 Å². The van der Waals surface area contributed by atoms with Crippen molar-refractivity contribution >= 4 is 55.1 Å². The zero-order valence-corrected chi connectivity index (χ0v) is 35.5. The van der Waals surface area contributed by atoms with Gasteiger partial charge >= 0.3 is 17.9 Å². The lowest BCUT2D eigenvalue weighted by atomic mass is 9.83. The molecule has 320 valence electrons. The zero-order valence-electron chi connectivity index (χ0n) is 33.1. The number of carbonyl (C=O) groups excluding carboxylic acids is 3. The summed E-state index contributed by atoms with van der Waals surface area (Å²) in [5.74, 6) is 1.59. The first-order chi connectivity index (χ1) is 24.7. The maximum atomic E-state index is 11.5. The number of benzene rings is 3. The van der Waals surface area contributed by atoms with E-state index < -0.39 is 0 Å². The summed E-state index contributed by atoms with van der Waals surface area (Å²) < 4.78 is 16.1. The van der Waals surface area contributed by atoms with Gasteiger partial charge in [-0.25, -0.2) is 0 Å². The fraction of sp³-hybridized carbons (Fsp3) is 0.500. The van der Waals surface area contributed by atoms with Crippen LogP contribution >= 0.6 is 37.2 Å². The molecule has 6 rings (SSSR count). The molecule has 0 aliphatic carbocycles. The molecule has 0 spiro atoms. The molecular formula is C42H62Cl3N3O9. The van der Waals surface area contributed by atoms with E-state index in [0.717, 1.165) is 77.4 Å². The minimum Gasteiger partial charge on any atom is -0.427 e. The fourth-order valence-electron chi connectivity index (χ4n) is 8.37. The van der Waals surface area contributed by atoms with Gasteiger partial charge in [-0.1, -0.05) is 37.5 Å². The predicted molar refractivity (Wildman–Crippen MR) is 230 cm³/mol. The first-order valence-electron chi connectivity index (χ1n) is 18.9. The van der Waals surface area contributed by atoms with Crippen molar-refractivity contribution in [3.8, 4) is 17.2 Å². The van der Waals surface area contributed by atoms with Gasteiger partial charge in [-0.05, 0) is 147 Å². The van der Waals surface area contributed by atoms with Crippen molar-refractivity contribution in [1.82, 2.24) is 16.0 Å². The molecule has 0 saturated heterocycles. The van der Waals surface area contributed by atoms with Crippen LogP contribution < -0.4 is 30.2 Å². The average molecular weight is 859 g/mol. The molecule has 0 amide bonds. The van der Waals surface area contributed by atoms with Crippen molar-refractivity contribution in [2.45, 2.75) is 110 Å². The lowest BCUT2D eigenvalue weighted by Gasteiger charge is -2.31. The Morgan fingerprint density at radius 2 is 0.860 bits per heavy atom. The van der Waals surface area contributed by atoms with Gasteiger partial charge < -0.3 is 46.6 Å². The van der Waals surface area contributed by atoms with Gasteiger partial charge in [0, 0.05) is 38.9 Å². The lowest BCUT2D eigenvalue weighted by Crippen LogP contribution is -2.31. The Kier molecular flexibility index (Phi) is 24.4. The number of esters is 3. The van der Waals surface area contributed by atoms with Gasteiger partial charge in [0.25, 0.3) is 0 Å². The Morgan fingerprint density at radius 1 is 0.526 bits per heavy atom. The molecule has 0 aromatic heterocycles. The van der Waals surface area contributed by atoms with Gasteiger partial charge in [-0.15, -0.1) is 37.2 Å². The third kappa shape index (κ3) is 15.1. The fourth-order valence-corrected chi connectivity index (χ4v) is 8.37. The second kappa shape index (κ2) is 25.9. The lowest BCUT2D eigenvalue weighted by molar-refractivity contribution is -0.132. The Morgan fingerprint density at radius 3 is 1.19 bits per heavy atom. The van der Waals surface area contributed by atoms with E-state index in [4.69, 9.17) is 14.2 Å². The molecule has 3 aromatic carbocycles. The Bertz CT molecular complexity index is 1650. The molecule has 12 nitrogen and oxygen atoms in total. The summed E-state index contributed by atoms with van der Waals surface area (Å²) in [6, 6.07) is 19.2. The third-order valence-electron chi connectivity index (χ3n) is 10.7. The van der Waals surface area contributed by atoms with Crippen molar-refractivity contribution in [2.75, 3.05) is 19.6 Å². The molecule has 3 aliphatic rings. The second-order valence-electron chi connectivity index (χ2n) is 14.4. The number of hydrogen-bond donors (Lipinski definition) is 3. The number of unbranched alkanes of at least 4 members (excludes halogenated alkanes) is 1. The maximum Gasteiger partial charge on any atom is 0.308 e. The highest BCUT2D eigenvalue weighted by atomic mass is 35.5. The molecule has 0 saturated carbocycles. The summed E-state index contributed by atoms with van der Waals surface area (Å²) in [5, 5.41) is 11.3. The molecule has 57 heavy (non-hydrogen) atoms. The van der Waals surface area contributed by atoms with Gasteiger partial charge in [-0.2, -0.15) is 0 Å². The van der Waals surface area contributed by atoms with Crippen LogP contribution in [0.5, 0.6) is 17.2 Å². The van der Waals surface area contributed by atoms with Gasteiger partial charge in [0.05, 0.1) is 0 Å². The highest BCUT2D eigenvalue weighted by molar-refractivity contribution is 5.86. The Hall–Kier alpha value is -3.30. The van der Waals surface area contributed by atoms with Crippen molar-refractivity contribution in [1.29, 1.82) is 0 Å². The molecule has 3 atom stereocenters. The average Bonchev–Trinajstić information content (AvgIpc) is 3.09. The van der Waals surface area contributed by atoms with Gasteiger partial charge in [0.2, 0.25) is 0 Å². The summed E-state index contributed by atoms with van der Waals surface area (Å²) in [6.07, 6.45) is 11.8. The Balaban J connectivity index is 0.00000523. The van der Waals surface area contributed by atoms with Crippen molar-refractivity contribution in [3.63, 3.8) is 0 Å². The van der Waals surface area contributed by atoms with E-state index in [1.807, 2.05) is 36.4 Å². The van der Waals surface area contributed by atoms with Crippen LogP contribution in [0.25, 0.3) is 0 Å². The van der Waals surface area contributed by atoms with Crippen LogP contribution in [0.4, 0.5) is 0 Å². The normalized spacial score (nSPS) is 17.8. The number of halogens is 3. The largest absolute Gasteiger partial charge is 0.427 e. The summed E-state index contributed by atoms with van der Waals surface area (Å²) in [5.41, 5.74) is 7.78. The predicted octanol–water partition coefficient (Wildman–Crippen LogP) is 5.95. The first kappa shape index (κ1) is 53.7. The molecule has 0 bridgehead atoms. The number of fused-ring (bicyclic) bond motifs is 3. The minimum atomic E-state index is -0.292. The molecule has 15 heteroatoms. The van der Waals surface area contributed by atoms with Crippen LogP contribution in [0.15, 0.2) is 54.6 Å². The van der Waals surface area contributed by atoms with Gasteiger partial charge in [-0.3, -0.25) is 14.4 Å². The molecule has 0 fully saturated rings. The zero-order chi connectivity index (χ0) is 35.7. The quantitative estimate of drug-likeness (QED) is 0.0992. The SMILES string of the molecule is CC(=O)Oc1ccc2c(c1)CCNC2CCCCC(CCC1NCCc2cc(OC(C)=O)ccc21)CCC1NCCc2cc(OC(C)=O)ccc21.Cl.Cl.Cl.O.O.O. The van der Waals surface area contributed by atoms with E-state index >= 15 is 0 Å². The summed E-state index contributed by atoms with van der Waals surface area (Å²) in [4.78, 5) is 34.6. The van der Waals surface area contributed by atoms with Crippen molar-refractivity contribution in [3.05, 3.63) is 88.0 Å². The molecular weight excluding hydrogens is 797 g/mol. The molecule has 3 aliphatic heterocycles. The highest BCUT2D eigenvalue weighted by Gasteiger charge is 2.25. The molecule has 9 N–H and O–H groups in total. The van der Waals surface area contributed by atoms with Crippen molar-refractivity contribution < 1.29 is 45.0 Å². The third-order valence-corrected chi connectivity index (χ3v) is 10.7. The van der Waals surface area contributed by atoms with Crippen LogP contribution in [-0.4, -0.2) is 54.0 Å². The number of nitrogens with one attached hydrogen (secondary N) is 3. The monoisotopic (exact) mass is 857 g/mol. The number of rotatable bonds is 14. The molecule has 3 unspecified atom stereocenters. The van der Waals surface area contributed by atoms with Crippen molar-refractivity contribution in [2.24, 2.45) is 5.92 Å². The van der Waals surface area contributed by atoms with E-state index in [0.29, 0.717) is 29.2 Å². The van der Waals surface area contributed by atoms with E-state index in [9.17, 15) is 14.4 Å². The van der Waals surface area contributed by atoms with Crippen LogP contribution in [0, 0.1) is 5.92 Å². The van der Waals surface area contributed by atoms with Gasteiger partial charge in [0.15, 0.2) is 0 Å². The number of hydrogen-bond acceptors (Lipinski definition) is 9. The van der Waals surface area contributed by atoms with Crippen LogP contribution in [0.1, 0.15) is 124 Å². The van der Waals surface area contributed by atoms with Gasteiger partial charge in [0.1, 0.15) is 17.2 Å². The smallest absolute Gasteiger partial charge is 0.308 e. The first-order valence-corrected chi connectivity index (χ1v) is 18.9. The van der Waals surface area contributed by atoms with Crippen LogP contribution in [0.2, 0.25) is 0 Å². The summed E-state index contributed by atoms with van der Waals surface area (Å²) in [7, 11) is 0. The number of carbonyl (C=O) groups is 3. The molecule has 3 aromatic rings. The van der Waals surface area contributed by atoms with Crippen LogP contribution in [-0.2, 0) is 33.6 Å². The molecule has 3 heterocycles. The van der Waals surface area contributed by atoms with Crippen LogP contribution in [0.3, 0.4) is 0 Å². The molecule has 0 radical (unpaired) electrons. The second-order valence-corrected chi connectivity index (χ2v) is 14.4. The minimum absolute atomic E-state index is 0. The number of ether oxygens (including phenoxy) is 3. The van der Waals surface area contributed by atoms with E-state index in [1.54, 1.807) is 0 Å². The summed E-state index contributed by atoms with van der Waals surface area (Å²) in [6.45, 7) is 7.10.